The summed E-state index contributed by atoms with van der Waals surface area (Å²) < 4.78 is 11.0. The van der Waals surface area contributed by atoms with Crippen LogP contribution in [0.15, 0.2) is 91.1 Å². The molecule has 6 rings (SSSR count). The molecule has 2 aromatic heterocycles. The first-order chi connectivity index (χ1) is 19.1. The van der Waals surface area contributed by atoms with Gasteiger partial charge < -0.3 is 19.9 Å². The van der Waals surface area contributed by atoms with E-state index in [4.69, 9.17) is 24.5 Å². The Balaban J connectivity index is 1.54. The van der Waals surface area contributed by atoms with Crippen LogP contribution in [-0.4, -0.2) is 45.0 Å². The molecular weight excluding hydrogens is 494 g/mol. The fraction of sp³-hybridized carbons (Fsp3) is 0.0667. The molecule has 4 aromatic carbocycles. The third-order valence-electron chi connectivity index (χ3n) is 6.29. The maximum atomic E-state index is 11.2. The molecule has 0 aliphatic heterocycles. The first-order valence-electron chi connectivity index (χ1n) is 12.2. The van der Waals surface area contributed by atoms with Crippen LogP contribution in [0, 0.1) is 0 Å². The third-order valence-corrected chi connectivity index (χ3v) is 6.29. The highest BCUT2D eigenvalue weighted by Gasteiger charge is 2.18. The van der Waals surface area contributed by atoms with Gasteiger partial charge in [0.25, 0.3) is 0 Å². The Bertz CT molecular complexity index is 1820. The highest BCUT2D eigenvalue weighted by atomic mass is 16.5. The van der Waals surface area contributed by atoms with E-state index in [0.29, 0.717) is 28.3 Å². The standard InChI is InChI=1S/C30H23N5O4/c1-38-26-15-25-23(14-27(26)39-17-28(36)37)30(32-20-11-12-24-19(13-20)16-31-35-24)34-29(33-25)22-10-6-5-9-21(22)18-7-3-2-4-8-18/h2-16H,17H2,1H3,(H,31,35)(H,36,37)(H,32,33,34). The van der Waals surface area contributed by atoms with Gasteiger partial charge in [0.2, 0.25) is 0 Å². The number of anilines is 2. The van der Waals surface area contributed by atoms with E-state index in [1.54, 1.807) is 18.3 Å². The van der Waals surface area contributed by atoms with Crippen molar-refractivity contribution < 1.29 is 19.4 Å². The number of methoxy groups -OCH3 is 1. The first-order valence-corrected chi connectivity index (χ1v) is 12.2. The van der Waals surface area contributed by atoms with Crippen LogP contribution in [-0.2, 0) is 4.79 Å². The molecule has 0 aliphatic carbocycles. The number of benzene rings is 4. The highest BCUT2D eigenvalue weighted by Crippen LogP contribution is 2.38. The number of aromatic nitrogens is 4. The van der Waals surface area contributed by atoms with Gasteiger partial charge in [-0.25, -0.2) is 14.8 Å². The number of aromatic amines is 1. The molecule has 0 saturated heterocycles. The second kappa shape index (κ2) is 10.1. The Kier molecular flexibility index (Phi) is 6.22. The number of fused-ring (bicyclic) bond motifs is 2. The van der Waals surface area contributed by atoms with Crippen molar-refractivity contribution in [2.45, 2.75) is 0 Å². The highest BCUT2D eigenvalue weighted by molar-refractivity contribution is 5.96. The number of carbonyl (C=O) groups is 1. The van der Waals surface area contributed by atoms with Gasteiger partial charge in [-0.15, -0.1) is 0 Å². The van der Waals surface area contributed by atoms with Crippen LogP contribution in [0.25, 0.3) is 44.3 Å². The predicted molar refractivity (Wildman–Crippen MR) is 149 cm³/mol. The van der Waals surface area contributed by atoms with Gasteiger partial charge in [0.1, 0.15) is 5.82 Å². The van der Waals surface area contributed by atoms with Gasteiger partial charge in [-0.3, -0.25) is 5.10 Å². The fourth-order valence-electron chi connectivity index (χ4n) is 4.47. The molecule has 0 radical (unpaired) electrons. The molecular formula is C30H23N5O4. The number of aliphatic carboxylic acids is 1. The van der Waals surface area contributed by atoms with Gasteiger partial charge in [0.05, 0.1) is 24.3 Å². The van der Waals surface area contributed by atoms with Crippen LogP contribution in [0.3, 0.4) is 0 Å². The van der Waals surface area contributed by atoms with Crippen molar-refractivity contribution in [1.82, 2.24) is 20.2 Å². The summed E-state index contributed by atoms with van der Waals surface area (Å²) in [5.41, 5.74) is 5.23. The van der Waals surface area contributed by atoms with Crippen LogP contribution < -0.4 is 14.8 Å². The predicted octanol–water partition coefficient (Wildman–Crippen LogP) is 6.06. The minimum Gasteiger partial charge on any atom is -0.493 e. The lowest BCUT2D eigenvalue weighted by atomic mass is 9.99. The van der Waals surface area contributed by atoms with E-state index in [1.807, 2.05) is 72.8 Å². The van der Waals surface area contributed by atoms with Crippen LogP contribution in [0.5, 0.6) is 11.5 Å². The largest absolute Gasteiger partial charge is 0.493 e. The van der Waals surface area contributed by atoms with Crippen molar-refractivity contribution in [3.8, 4) is 34.0 Å². The maximum absolute atomic E-state index is 11.2. The number of nitrogens with zero attached hydrogens (tertiary/aromatic N) is 3. The average Bonchev–Trinajstić information content (AvgIpc) is 3.44. The summed E-state index contributed by atoms with van der Waals surface area (Å²) in [4.78, 5) is 21.0. The number of carboxylic acid groups (broad SMARTS) is 1. The molecule has 0 atom stereocenters. The maximum Gasteiger partial charge on any atom is 0.341 e. The van der Waals surface area contributed by atoms with E-state index in [-0.39, 0.29) is 5.75 Å². The second-order valence-electron chi connectivity index (χ2n) is 8.81. The number of nitrogens with one attached hydrogen (secondary N) is 2. The van der Waals surface area contributed by atoms with Crippen molar-refractivity contribution >= 4 is 39.3 Å². The molecule has 3 N–H and O–H groups in total. The monoisotopic (exact) mass is 517 g/mol. The molecule has 0 aliphatic rings. The summed E-state index contributed by atoms with van der Waals surface area (Å²) >= 11 is 0. The zero-order valence-electron chi connectivity index (χ0n) is 20.9. The molecule has 0 bridgehead atoms. The van der Waals surface area contributed by atoms with E-state index in [2.05, 4.69) is 15.5 Å². The van der Waals surface area contributed by atoms with Crippen LogP contribution >= 0.6 is 0 Å². The lowest BCUT2D eigenvalue weighted by Crippen LogP contribution is -2.10. The van der Waals surface area contributed by atoms with Crippen molar-refractivity contribution in [2.75, 3.05) is 19.0 Å². The molecule has 9 nitrogen and oxygen atoms in total. The number of rotatable bonds is 8. The third kappa shape index (κ3) is 4.80. The summed E-state index contributed by atoms with van der Waals surface area (Å²) in [6.07, 6.45) is 1.75. The van der Waals surface area contributed by atoms with E-state index in [9.17, 15) is 4.79 Å². The molecule has 192 valence electrons. The van der Waals surface area contributed by atoms with Gasteiger partial charge in [-0.05, 0) is 35.4 Å². The lowest BCUT2D eigenvalue weighted by molar-refractivity contribution is -0.139. The van der Waals surface area contributed by atoms with Crippen LogP contribution in [0.1, 0.15) is 0 Å². The molecule has 0 spiro atoms. The number of ether oxygens (including phenoxy) is 2. The summed E-state index contributed by atoms with van der Waals surface area (Å²) in [5.74, 6) is 0.615. The average molecular weight is 518 g/mol. The van der Waals surface area contributed by atoms with E-state index in [0.717, 1.165) is 33.3 Å². The zero-order valence-corrected chi connectivity index (χ0v) is 20.9. The number of hydrogen-bond donors (Lipinski definition) is 3. The van der Waals surface area contributed by atoms with E-state index >= 15 is 0 Å². The van der Waals surface area contributed by atoms with Crippen LogP contribution in [0.2, 0.25) is 0 Å². The summed E-state index contributed by atoms with van der Waals surface area (Å²) in [6, 6.07) is 27.3. The fourth-order valence-corrected chi connectivity index (χ4v) is 4.47. The summed E-state index contributed by atoms with van der Waals surface area (Å²) in [6.45, 7) is -0.509. The topological polar surface area (TPSA) is 122 Å². The van der Waals surface area contributed by atoms with E-state index < -0.39 is 12.6 Å². The summed E-state index contributed by atoms with van der Waals surface area (Å²) in [7, 11) is 1.50. The van der Waals surface area contributed by atoms with Crippen molar-refractivity contribution in [3.63, 3.8) is 0 Å². The molecule has 6 aromatic rings. The van der Waals surface area contributed by atoms with Crippen molar-refractivity contribution in [3.05, 3.63) is 91.1 Å². The van der Waals surface area contributed by atoms with Gasteiger partial charge in [0, 0.05) is 28.1 Å². The molecule has 0 fully saturated rings. The van der Waals surface area contributed by atoms with Gasteiger partial charge in [-0.2, -0.15) is 5.10 Å². The van der Waals surface area contributed by atoms with Crippen LogP contribution in [0.4, 0.5) is 11.5 Å². The van der Waals surface area contributed by atoms with Crippen molar-refractivity contribution in [2.24, 2.45) is 0 Å². The minimum atomic E-state index is -1.09. The smallest absolute Gasteiger partial charge is 0.341 e. The Morgan fingerprint density at radius 1 is 0.923 bits per heavy atom. The molecule has 9 heteroatoms. The van der Waals surface area contributed by atoms with Gasteiger partial charge in [0.15, 0.2) is 23.9 Å². The summed E-state index contributed by atoms with van der Waals surface area (Å²) in [5, 5.41) is 21.2. The quantitative estimate of drug-likeness (QED) is 0.223. The number of carboxylic acids is 1. The molecule has 0 saturated carbocycles. The first kappa shape index (κ1) is 23.9. The second-order valence-corrected chi connectivity index (χ2v) is 8.81. The Hall–Kier alpha value is -5.44. The molecule has 0 amide bonds. The lowest BCUT2D eigenvalue weighted by Gasteiger charge is -2.16. The van der Waals surface area contributed by atoms with E-state index in [1.165, 1.54) is 7.11 Å². The molecule has 2 heterocycles. The Morgan fingerprint density at radius 2 is 1.72 bits per heavy atom. The minimum absolute atomic E-state index is 0.279. The van der Waals surface area contributed by atoms with Gasteiger partial charge >= 0.3 is 5.97 Å². The molecule has 0 unspecified atom stereocenters. The van der Waals surface area contributed by atoms with Crippen molar-refractivity contribution in [1.29, 1.82) is 0 Å². The Labute approximate surface area is 223 Å². The SMILES string of the molecule is COc1cc2nc(-c3ccccc3-c3ccccc3)nc(Nc3ccc4[nH]ncc4c3)c2cc1OCC(=O)O. The molecule has 39 heavy (non-hydrogen) atoms. The normalized spacial score (nSPS) is 11.0. The number of hydrogen-bond acceptors (Lipinski definition) is 7. The Morgan fingerprint density at radius 3 is 2.51 bits per heavy atom. The zero-order chi connectivity index (χ0) is 26.8. The van der Waals surface area contributed by atoms with Gasteiger partial charge in [-0.1, -0.05) is 54.6 Å². The number of H-pyrrole nitrogens is 1.